The summed E-state index contributed by atoms with van der Waals surface area (Å²) in [5, 5.41) is 13.7. The Morgan fingerprint density at radius 2 is 1.65 bits per heavy atom. The van der Waals surface area contributed by atoms with Gasteiger partial charge in [0, 0.05) is 23.4 Å². The van der Waals surface area contributed by atoms with Crippen LogP contribution in [-0.4, -0.2) is 23.9 Å². The fraction of sp³-hybridized carbons (Fsp3) is 0.0833. The highest BCUT2D eigenvalue weighted by Gasteiger charge is 2.16. The van der Waals surface area contributed by atoms with E-state index in [1.54, 1.807) is 48.5 Å². The lowest BCUT2D eigenvalue weighted by molar-refractivity contribution is -0.384. The van der Waals surface area contributed by atoms with Crippen molar-refractivity contribution in [2.75, 3.05) is 12.4 Å². The number of hydrogen-bond donors (Lipinski definition) is 1. The molecule has 3 rings (SSSR count). The number of non-ortho nitro benzene ring substituents is 1. The predicted molar refractivity (Wildman–Crippen MR) is 119 cm³/mol. The largest absolute Gasteiger partial charge is 0.465 e. The number of nitro benzene ring substituents is 1. The molecule has 0 fully saturated rings. The number of amides is 1. The average molecular weight is 416 g/mol. The number of ether oxygens (including phenoxy) is 1. The summed E-state index contributed by atoms with van der Waals surface area (Å²) in [5.74, 6) is -0.880. The minimum absolute atomic E-state index is 0.0295. The number of rotatable bonds is 6. The topological polar surface area (TPSA) is 98.5 Å². The summed E-state index contributed by atoms with van der Waals surface area (Å²) in [6, 6.07) is 19.9. The molecule has 0 aromatic heterocycles. The number of aryl methyl sites for hydroxylation is 1. The lowest BCUT2D eigenvalue weighted by atomic mass is 10.0. The van der Waals surface area contributed by atoms with Gasteiger partial charge in [0.05, 0.1) is 17.6 Å². The van der Waals surface area contributed by atoms with Crippen molar-refractivity contribution in [1.82, 2.24) is 0 Å². The van der Waals surface area contributed by atoms with E-state index in [1.807, 2.05) is 25.1 Å². The van der Waals surface area contributed by atoms with Crippen molar-refractivity contribution in [3.8, 4) is 0 Å². The average Bonchev–Trinajstić information content (AvgIpc) is 2.79. The maximum Gasteiger partial charge on any atom is 0.337 e. The minimum Gasteiger partial charge on any atom is -0.465 e. The number of hydrogen-bond acceptors (Lipinski definition) is 5. The molecule has 0 aliphatic rings. The first-order valence-corrected chi connectivity index (χ1v) is 9.41. The van der Waals surface area contributed by atoms with Gasteiger partial charge < -0.3 is 10.1 Å². The Balaban J connectivity index is 1.98. The van der Waals surface area contributed by atoms with Gasteiger partial charge in [-0.1, -0.05) is 36.4 Å². The number of nitro groups is 1. The van der Waals surface area contributed by atoms with Crippen molar-refractivity contribution in [2.45, 2.75) is 6.92 Å². The molecular formula is C24H20N2O5. The second kappa shape index (κ2) is 9.49. The molecule has 3 aromatic carbocycles. The molecule has 0 unspecified atom stereocenters. The number of carbonyl (C=O) groups is 2. The summed E-state index contributed by atoms with van der Waals surface area (Å²) in [7, 11) is 1.29. The molecule has 0 spiro atoms. The van der Waals surface area contributed by atoms with Gasteiger partial charge in [-0.15, -0.1) is 0 Å². The van der Waals surface area contributed by atoms with Crippen molar-refractivity contribution in [3.05, 3.63) is 105 Å². The second-order valence-corrected chi connectivity index (χ2v) is 6.75. The lowest BCUT2D eigenvalue weighted by Crippen LogP contribution is -2.15. The smallest absolute Gasteiger partial charge is 0.337 e. The number of nitrogens with one attached hydrogen (secondary N) is 1. The number of carbonyl (C=O) groups excluding carboxylic acids is 2. The quantitative estimate of drug-likeness (QED) is 0.203. The second-order valence-electron chi connectivity index (χ2n) is 6.75. The maximum atomic E-state index is 13.2. The van der Waals surface area contributed by atoms with Crippen LogP contribution >= 0.6 is 0 Å². The highest BCUT2D eigenvalue weighted by atomic mass is 16.6. The Morgan fingerprint density at radius 3 is 2.26 bits per heavy atom. The third-order valence-corrected chi connectivity index (χ3v) is 4.65. The molecule has 7 heteroatoms. The molecule has 0 saturated heterocycles. The third kappa shape index (κ3) is 5.22. The standard InChI is InChI=1S/C24H20N2O5/c1-16-8-11-19(24(28)31-2)15-22(16)25-23(27)21(18-6-4-3-5-7-18)14-17-9-12-20(13-10-17)26(29)30/h3-15H,1-2H3,(H,25,27)/b21-14+. The predicted octanol–water partition coefficient (Wildman–Crippen LogP) is 4.87. The van der Waals surface area contributed by atoms with Crippen LogP contribution in [0.5, 0.6) is 0 Å². The summed E-state index contributed by atoms with van der Waals surface area (Å²) in [6.07, 6.45) is 1.66. The molecule has 3 aromatic rings. The number of anilines is 1. The zero-order valence-corrected chi connectivity index (χ0v) is 17.0. The number of esters is 1. The zero-order chi connectivity index (χ0) is 22.4. The van der Waals surface area contributed by atoms with E-state index in [0.717, 1.165) is 5.56 Å². The van der Waals surface area contributed by atoms with Crippen LogP contribution in [0.1, 0.15) is 27.0 Å². The Bertz CT molecular complexity index is 1150. The molecular weight excluding hydrogens is 396 g/mol. The maximum absolute atomic E-state index is 13.2. The summed E-state index contributed by atoms with van der Waals surface area (Å²) in [6.45, 7) is 1.82. The van der Waals surface area contributed by atoms with Gasteiger partial charge in [0.15, 0.2) is 0 Å². The molecule has 0 radical (unpaired) electrons. The van der Waals surface area contributed by atoms with Crippen LogP contribution < -0.4 is 5.32 Å². The Morgan fingerprint density at radius 1 is 0.968 bits per heavy atom. The van der Waals surface area contributed by atoms with Crippen LogP contribution in [-0.2, 0) is 9.53 Å². The molecule has 0 aliphatic heterocycles. The van der Waals surface area contributed by atoms with Crippen molar-refractivity contribution < 1.29 is 19.2 Å². The van der Waals surface area contributed by atoms with E-state index in [9.17, 15) is 19.7 Å². The van der Waals surface area contributed by atoms with E-state index >= 15 is 0 Å². The molecule has 0 bridgehead atoms. The van der Waals surface area contributed by atoms with Crippen LogP contribution in [0.25, 0.3) is 11.6 Å². The van der Waals surface area contributed by atoms with E-state index < -0.39 is 10.9 Å². The van der Waals surface area contributed by atoms with Crippen molar-refractivity contribution >= 4 is 34.9 Å². The van der Waals surface area contributed by atoms with Crippen LogP contribution in [0.15, 0.2) is 72.8 Å². The molecule has 156 valence electrons. The summed E-state index contributed by atoms with van der Waals surface area (Å²) < 4.78 is 4.75. The number of nitrogens with zero attached hydrogens (tertiary/aromatic N) is 1. The molecule has 31 heavy (non-hydrogen) atoms. The van der Waals surface area contributed by atoms with Gasteiger partial charge in [0.2, 0.25) is 0 Å². The van der Waals surface area contributed by atoms with Gasteiger partial charge in [-0.05, 0) is 54.0 Å². The van der Waals surface area contributed by atoms with Gasteiger partial charge in [0.1, 0.15) is 0 Å². The summed E-state index contributed by atoms with van der Waals surface area (Å²) >= 11 is 0. The Labute approximate surface area is 179 Å². The molecule has 0 heterocycles. The van der Waals surface area contributed by atoms with Crippen LogP contribution in [0, 0.1) is 17.0 Å². The van der Waals surface area contributed by atoms with Crippen molar-refractivity contribution in [1.29, 1.82) is 0 Å². The van der Waals surface area contributed by atoms with Crippen molar-refractivity contribution in [3.63, 3.8) is 0 Å². The number of methoxy groups -OCH3 is 1. The van der Waals surface area contributed by atoms with Crippen LogP contribution in [0.3, 0.4) is 0 Å². The first kappa shape index (κ1) is 21.4. The van der Waals surface area contributed by atoms with Gasteiger partial charge in [0.25, 0.3) is 11.6 Å². The minimum atomic E-state index is -0.500. The van der Waals surface area contributed by atoms with Gasteiger partial charge in [-0.3, -0.25) is 14.9 Å². The third-order valence-electron chi connectivity index (χ3n) is 4.65. The first-order valence-electron chi connectivity index (χ1n) is 9.41. The van der Waals surface area contributed by atoms with E-state index in [1.165, 1.54) is 19.2 Å². The summed E-state index contributed by atoms with van der Waals surface area (Å²) in [4.78, 5) is 35.4. The van der Waals surface area contributed by atoms with Crippen LogP contribution in [0.4, 0.5) is 11.4 Å². The fourth-order valence-corrected chi connectivity index (χ4v) is 2.95. The SMILES string of the molecule is COC(=O)c1ccc(C)c(NC(=O)/C(=C/c2ccc([N+](=O)[O-])cc2)c2ccccc2)c1. The fourth-order valence-electron chi connectivity index (χ4n) is 2.95. The molecule has 0 atom stereocenters. The van der Waals surface area contributed by atoms with E-state index in [4.69, 9.17) is 4.74 Å². The van der Waals surface area contributed by atoms with Crippen molar-refractivity contribution in [2.24, 2.45) is 0 Å². The van der Waals surface area contributed by atoms with Crippen LogP contribution in [0.2, 0.25) is 0 Å². The lowest BCUT2D eigenvalue weighted by Gasteiger charge is -2.13. The zero-order valence-electron chi connectivity index (χ0n) is 17.0. The molecule has 0 aliphatic carbocycles. The van der Waals surface area contributed by atoms with Gasteiger partial charge >= 0.3 is 5.97 Å². The summed E-state index contributed by atoms with van der Waals surface area (Å²) in [5.41, 5.74) is 3.25. The monoisotopic (exact) mass is 416 g/mol. The normalized spacial score (nSPS) is 11.0. The first-order chi connectivity index (χ1) is 14.9. The van der Waals surface area contributed by atoms with Gasteiger partial charge in [-0.25, -0.2) is 4.79 Å². The Hall–Kier alpha value is -4.26. The highest BCUT2D eigenvalue weighted by molar-refractivity contribution is 6.29. The van der Waals surface area contributed by atoms with Gasteiger partial charge in [-0.2, -0.15) is 0 Å². The molecule has 1 amide bonds. The number of benzene rings is 3. The Kier molecular flexibility index (Phi) is 6.57. The van der Waals surface area contributed by atoms with E-state index in [-0.39, 0.29) is 11.6 Å². The highest BCUT2D eigenvalue weighted by Crippen LogP contribution is 2.24. The molecule has 0 saturated carbocycles. The molecule has 7 nitrogen and oxygen atoms in total. The van der Waals surface area contributed by atoms with E-state index in [0.29, 0.717) is 28.0 Å². The molecule has 1 N–H and O–H groups in total. The van der Waals surface area contributed by atoms with E-state index in [2.05, 4.69) is 5.32 Å².